The van der Waals surface area contributed by atoms with Crippen LogP contribution in [-0.2, 0) is 4.79 Å². The second-order valence-corrected chi connectivity index (χ2v) is 8.72. The Kier molecular flexibility index (Phi) is 5.29. The van der Waals surface area contributed by atoms with Gasteiger partial charge in [0.05, 0.1) is 17.3 Å². The summed E-state index contributed by atoms with van der Waals surface area (Å²) in [7, 11) is 0. The van der Waals surface area contributed by atoms with Crippen molar-refractivity contribution in [1.82, 2.24) is 19.5 Å². The molecule has 2 fully saturated rings. The van der Waals surface area contributed by atoms with Gasteiger partial charge < -0.3 is 4.90 Å². The molecule has 1 amide bonds. The zero-order chi connectivity index (χ0) is 20.8. The molecule has 2 atom stereocenters. The number of alkyl halides is 3. The van der Waals surface area contributed by atoms with Gasteiger partial charge in [-0.2, -0.15) is 18.3 Å². The summed E-state index contributed by atoms with van der Waals surface area (Å²) in [5.74, 6) is -0.583. The van der Waals surface area contributed by atoms with Crippen LogP contribution in [0, 0.1) is 18.8 Å². The number of carbonyl (C=O) groups excluding carboxylic acids is 1. The molecule has 2 aliphatic rings. The molecule has 1 aliphatic heterocycles. The molecule has 3 heterocycles. The van der Waals surface area contributed by atoms with E-state index in [-0.39, 0.29) is 24.7 Å². The van der Waals surface area contributed by atoms with Crippen LogP contribution in [0.4, 0.5) is 13.2 Å². The van der Waals surface area contributed by atoms with Gasteiger partial charge in [0.15, 0.2) is 5.65 Å². The third kappa shape index (κ3) is 3.98. The van der Waals surface area contributed by atoms with Gasteiger partial charge in [-0.25, -0.2) is 9.50 Å². The average Bonchev–Trinajstić information content (AvgIpc) is 3.11. The monoisotopic (exact) mass is 408 g/mol. The van der Waals surface area contributed by atoms with Crippen molar-refractivity contribution in [2.75, 3.05) is 13.1 Å². The van der Waals surface area contributed by atoms with Crippen LogP contribution < -0.4 is 0 Å². The van der Waals surface area contributed by atoms with Crippen LogP contribution in [0.2, 0.25) is 0 Å². The fraction of sp³-hybridized carbons (Fsp3) is 0.667. The maximum atomic E-state index is 13.0. The number of nitrogens with zero attached hydrogens (tertiary/aromatic N) is 4. The zero-order valence-electron chi connectivity index (χ0n) is 16.8. The predicted octanol–water partition coefficient (Wildman–Crippen LogP) is 4.46. The Morgan fingerprint density at radius 2 is 1.86 bits per heavy atom. The molecular formula is C21H27F3N4O. The van der Waals surface area contributed by atoms with Crippen LogP contribution in [-0.4, -0.2) is 45.2 Å². The highest BCUT2D eigenvalue weighted by atomic mass is 19.4. The van der Waals surface area contributed by atoms with E-state index in [1.807, 2.05) is 23.6 Å². The van der Waals surface area contributed by atoms with Gasteiger partial charge in [-0.05, 0) is 51.0 Å². The third-order valence-corrected chi connectivity index (χ3v) is 6.73. The molecule has 29 heavy (non-hydrogen) atoms. The van der Waals surface area contributed by atoms with Crippen molar-refractivity contribution in [3.8, 4) is 0 Å². The smallest absolute Gasteiger partial charge is 0.345 e. The number of aromatic nitrogens is 3. The Labute approximate surface area is 168 Å². The van der Waals surface area contributed by atoms with E-state index in [0.717, 1.165) is 42.1 Å². The molecule has 1 saturated carbocycles. The van der Waals surface area contributed by atoms with Gasteiger partial charge in [-0.1, -0.05) is 6.92 Å². The standard InChI is InChI=1S/C21H27F3N4O/c1-13-7-8-27(12-29)11-17(13)19-9-14(2)25-20-10-18(26-28(19)20)15-3-5-16(6-4-15)21(22,23)24/h9-10,12-13,15-17H,3-8,11H2,1-2H3/t13-,15-,16-,17+/m1/s1. The molecule has 1 saturated heterocycles. The van der Waals surface area contributed by atoms with Gasteiger partial charge in [0.25, 0.3) is 0 Å². The van der Waals surface area contributed by atoms with Gasteiger partial charge in [0.1, 0.15) is 0 Å². The number of amides is 1. The molecule has 158 valence electrons. The van der Waals surface area contributed by atoms with Crippen molar-refractivity contribution in [1.29, 1.82) is 0 Å². The lowest BCUT2D eigenvalue weighted by molar-refractivity contribution is -0.182. The Balaban J connectivity index is 1.63. The minimum atomic E-state index is -4.10. The summed E-state index contributed by atoms with van der Waals surface area (Å²) in [5.41, 5.74) is 3.49. The largest absolute Gasteiger partial charge is 0.391 e. The lowest BCUT2D eigenvalue weighted by atomic mass is 9.80. The first-order chi connectivity index (χ1) is 13.8. The number of hydrogen-bond acceptors (Lipinski definition) is 3. The molecule has 0 aromatic carbocycles. The molecule has 5 nitrogen and oxygen atoms in total. The minimum Gasteiger partial charge on any atom is -0.345 e. The number of likely N-dealkylation sites (tertiary alicyclic amines) is 1. The maximum absolute atomic E-state index is 13.0. The van der Waals surface area contributed by atoms with Crippen LogP contribution in [0.5, 0.6) is 0 Å². The minimum absolute atomic E-state index is 0.0405. The summed E-state index contributed by atoms with van der Waals surface area (Å²) in [5, 5.41) is 4.79. The van der Waals surface area contributed by atoms with Crippen LogP contribution >= 0.6 is 0 Å². The fourth-order valence-electron chi connectivity index (χ4n) is 4.90. The van der Waals surface area contributed by atoms with E-state index in [9.17, 15) is 18.0 Å². The number of halogens is 3. The number of aryl methyl sites for hydroxylation is 1. The van der Waals surface area contributed by atoms with Gasteiger partial charge in [0, 0.05) is 36.7 Å². The molecule has 0 spiro atoms. The van der Waals surface area contributed by atoms with Crippen molar-refractivity contribution in [2.45, 2.75) is 64.0 Å². The molecule has 2 aromatic heterocycles. The number of rotatable bonds is 3. The lowest BCUT2D eigenvalue weighted by Gasteiger charge is -2.35. The molecule has 2 aromatic rings. The molecule has 4 rings (SSSR count). The molecule has 0 unspecified atom stereocenters. The molecule has 0 bridgehead atoms. The fourth-order valence-corrected chi connectivity index (χ4v) is 4.90. The second kappa shape index (κ2) is 7.61. The average molecular weight is 408 g/mol. The zero-order valence-corrected chi connectivity index (χ0v) is 16.8. The molecule has 0 radical (unpaired) electrons. The Morgan fingerprint density at radius 3 is 2.52 bits per heavy atom. The quantitative estimate of drug-likeness (QED) is 0.705. The summed E-state index contributed by atoms with van der Waals surface area (Å²) in [6.45, 7) is 5.54. The summed E-state index contributed by atoms with van der Waals surface area (Å²) < 4.78 is 40.8. The van der Waals surface area contributed by atoms with Crippen LogP contribution in [0.25, 0.3) is 5.65 Å². The van der Waals surface area contributed by atoms with E-state index in [4.69, 9.17) is 5.10 Å². The van der Waals surface area contributed by atoms with Crippen molar-refractivity contribution >= 4 is 12.1 Å². The number of piperidine rings is 1. The van der Waals surface area contributed by atoms with Crippen LogP contribution in [0.3, 0.4) is 0 Å². The van der Waals surface area contributed by atoms with Crippen LogP contribution in [0.15, 0.2) is 12.1 Å². The van der Waals surface area contributed by atoms with E-state index in [0.29, 0.717) is 25.3 Å². The summed E-state index contributed by atoms with van der Waals surface area (Å²) in [4.78, 5) is 17.7. The highest BCUT2D eigenvalue weighted by Crippen LogP contribution is 2.43. The Bertz CT molecular complexity index is 886. The number of fused-ring (bicyclic) bond motifs is 1. The van der Waals surface area contributed by atoms with Gasteiger partial charge in [0.2, 0.25) is 6.41 Å². The van der Waals surface area contributed by atoms with E-state index in [1.165, 1.54) is 0 Å². The number of carbonyl (C=O) groups is 1. The van der Waals surface area contributed by atoms with Crippen molar-refractivity contribution in [2.24, 2.45) is 11.8 Å². The van der Waals surface area contributed by atoms with E-state index < -0.39 is 12.1 Å². The molecular weight excluding hydrogens is 381 g/mol. The van der Waals surface area contributed by atoms with Crippen molar-refractivity contribution in [3.63, 3.8) is 0 Å². The summed E-state index contributed by atoms with van der Waals surface area (Å²) in [6.07, 6.45) is -0.941. The second-order valence-electron chi connectivity index (χ2n) is 8.72. The van der Waals surface area contributed by atoms with Gasteiger partial charge in [-0.15, -0.1) is 0 Å². The Hall–Kier alpha value is -2.12. The maximum Gasteiger partial charge on any atom is 0.391 e. The van der Waals surface area contributed by atoms with Gasteiger partial charge >= 0.3 is 6.18 Å². The number of hydrogen-bond donors (Lipinski definition) is 0. The highest BCUT2D eigenvalue weighted by molar-refractivity contribution is 5.48. The molecule has 8 heteroatoms. The normalized spacial score (nSPS) is 28.7. The first-order valence-electron chi connectivity index (χ1n) is 10.4. The topological polar surface area (TPSA) is 50.5 Å². The molecule has 0 N–H and O–H groups in total. The SMILES string of the molecule is Cc1cc([C@H]2CN(C=O)CC[C@H]2C)n2nc([C@H]3CC[C@H](C(F)(F)F)CC3)cc2n1. The first-order valence-corrected chi connectivity index (χ1v) is 10.4. The lowest BCUT2D eigenvalue weighted by Crippen LogP contribution is -2.38. The van der Waals surface area contributed by atoms with Crippen LogP contribution in [0.1, 0.15) is 67.9 Å². The highest BCUT2D eigenvalue weighted by Gasteiger charge is 2.42. The summed E-state index contributed by atoms with van der Waals surface area (Å²) >= 11 is 0. The van der Waals surface area contributed by atoms with Crippen molar-refractivity contribution in [3.05, 3.63) is 29.2 Å². The van der Waals surface area contributed by atoms with E-state index >= 15 is 0 Å². The Morgan fingerprint density at radius 1 is 1.14 bits per heavy atom. The molecule has 1 aliphatic carbocycles. The van der Waals surface area contributed by atoms with E-state index in [1.54, 1.807) is 4.90 Å². The summed E-state index contributed by atoms with van der Waals surface area (Å²) in [6, 6.07) is 3.96. The third-order valence-electron chi connectivity index (χ3n) is 6.73. The predicted molar refractivity (Wildman–Crippen MR) is 103 cm³/mol. The van der Waals surface area contributed by atoms with Crippen molar-refractivity contribution < 1.29 is 18.0 Å². The first kappa shape index (κ1) is 20.2. The van der Waals surface area contributed by atoms with E-state index in [2.05, 4.69) is 11.9 Å². The van der Waals surface area contributed by atoms with Gasteiger partial charge in [-0.3, -0.25) is 4.79 Å².